The number of fused-ring (bicyclic) bond motifs is 7. The van der Waals surface area contributed by atoms with E-state index in [4.69, 9.17) is 4.74 Å². The first kappa shape index (κ1) is 20.5. The SMILES string of the molecule is C[C@@H]1O[C@@H](O)C2C1=CC[C@H]1[C@]3(C)CC[C@H]4C(C)(C)CCC[C@]4(C)[C@H]3C[C@@H](O)[C@]21C. The van der Waals surface area contributed by atoms with Gasteiger partial charge in [0.05, 0.1) is 12.2 Å². The normalized spacial score (nSPS) is 58.5. The third kappa shape index (κ3) is 2.42. The molecule has 0 amide bonds. The van der Waals surface area contributed by atoms with E-state index in [2.05, 4.69) is 47.6 Å². The average molecular weight is 403 g/mol. The summed E-state index contributed by atoms with van der Waals surface area (Å²) in [7, 11) is 0. The van der Waals surface area contributed by atoms with Gasteiger partial charge in [-0.3, -0.25) is 0 Å². The van der Waals surface area contributed by atoms with Gasteiger partial charge in [-0.1, -0.05) is 47.1 Å². The van der Waals surface area contributed by atoms with Crippen molar-refractivity contribution in [2.24, 2.45) is 45.3 Å². The summed E-state index contributed by atoms with van der Waals surface area (Å²) in [6, 6.07) is 0. The lowest BCUT2D eigenvalue weighted by molar-refractivity contribution is -0.248. The Balaban J connectivity index is 1.59. The van der Waals surface area contributed by atoms with Gasteiger partial charge in [0.1, 0.15) is 0 Å². The van der Waals surface area contributed by atoms with Gasteiger partial charge in [-0.05, 0) is 85.0 Å². The maximum Gasteiger partial charge on any atom is 0.162 e. The molecule has 5 rings (SSSR count). The van der Waals surface area contributed by atoms with Crippen LogP contribution in [-0.2, 0) is 4.74 Å². The quantitative estimate of drug-likeness (QED) is 0.540. The molecule has 0 radical (unpaired) electrons. The highest BCUT2D eigenvalue weighted by atomic mass is 16.6. The zero-order valence-corrected chi connectivity index (χ0v) is 19.4. The van der Waals surface area contributed by atoms with Crippen molar-refractivity contribution in [2.45, 2.75) is 105 Å². The minimum absolute atomic E-state index is 0.0297. The fourth-order valence-corrected chi connectivity index (χ4v) is 10.0. The van der Waals surface area contributed by atoms with Crippen molar-refractivity contribution in [3.8, 4) is 0 Å². The van der Waals surface area contributed by atoms with Crippen LogP contribution in [0.2, 0.25) is 0 Å². The summed E-state index contributed by atoms with van der Waals surface area (Å²) in [6.45, 7) is 14.4. The molecule has 3 saturated carbocycles. The molecule has 1 aliphatic heterocycles. The highest BCUT2D eigenvalue weighted by molar-refractivity contribution is 5.29. The van der Waals surface area contributed by atoms with Crippen LogP contribution in [0.3, 0.4) is 0 Å². The first-order valence-electron chi connectivity index (χ1n) is 12.2. The highest BCUT2D eigenvalue weighted by Crippen LogP contribution is 2.73. The van der Waals surface area contributed by atoms with E-state index in [1.165, 1.54) is 37.7 Å². The van der Waals surface area contributed by atoms with E-state index in [0.717, 1.165) is 18.8 Å². The Morgan fingerprint density at radius 1 is 0.931 bits per heavy atom. The minimum atomic E-state index is -0.778. The number of hydrogen-bond acceptors (Lipinski definition) is 3. The van der Waals surface area contributed by atoms with Gasteiger partial charge in [-0.15, -0.1) is 0 Å². The van der Waals surface area contributed by atoms with Crippen LogP contribution in [0.4, 0.5) is 0 Å². The van der Waals surface area contributed by atoms with Crippen LogP contribution in [0, 0.1) is 45.3 Å². The van der Waals surface area contributed by atoms with E-state index in [1.54, 1.807) is 0 Å². The topological polar surface area (TPSA) is 49.7 Å². The van der Waals surface area contributed by atoms with Gasteiger partial charge in [-0.2, -0.15) is 0 Å². The molecule has 4 aliphatic carbocycles. The maximum absolute atomic E-state index is 11.7. The summed E-state index contributed by atoms with van der Waals surface area (Å²) >= 11 is 0. The molecule has 2 N–H and O–H groups in total. The first-order valence-corrected chi connectivity index (χ1v) is 12.2. The lowest BCUT2D eigenvalue weighted by Crippen LogP contribution is -2.66. The molecule has 0 aromatic carbocycles. The standard InChI is InChI=1S/C26H42O3/c1-15-16-8-9-18-25(5)13-10-17-23(2,3)11-7-12-24(17,4)19(25)14-20(27)26(18,6)21(16)22(28)29-15/h8,15,17-22,27-28H,7,9-14H2,1-6H3/t15-,17-,18-,19+,20+,21?,22+,24-,25-,26+/m0/s1. The Kier molecular flexibility index (Phi) is 4.32. The Morgan fingerprint density at radius 3 is 2.34 bits per heavy atom. The number of allylic oxidation sites excluding steroid dienone is 1. The highest BCUT2D eigenvalue weighted by Gasteiger charge is 2.69. The summed E-state index contributed by atoms with van der Waals surface area (Å²) < 4.78 is 5.85. The third-order valence-corrected chi connectivity index (χ3v) is 11.3. The average Bonchev–Trinajstić information content (AvgIpc) is 2.91. The Morgan fingerprint density at radius 2 is 1.62 bits per heavy atom. The molecule has 5 aliphatic rings. The second-order valence-electron chi connectivity index (χ2n) is 12.8. The Hall–Kier alpha value is -0.380. The molecular weight excluding hydrogens is 360 g/mol. The summed E-state index contributed by atoms with van der Waals surface area (Å²) in [5, 5.41) is 22.5. The van der Waals surface area contributed by atoms with Crippen LogP contribution >= 0.6 is 0 Å². The zero-order valence-electron chi connectivity index (χ0n) is 19.4. The Labute approximate surface area is 177 Å². The summed E-state index contributed by atoms with van der Waals surface area (Å²) in [6.07, 6.45) is 9.65. The van der Waals surface area contributed by atoms with E-state index in [9.17, 15) is 10.2 Å². The molecule has 1 heterocycles. The van der Waals surface area contributed by atoms with Crippen molar-refractivity contribution in [1.82, 2.24) is 0 Å². The van der Waals surface area contributed by atoms with Crippen molar-refractivity contribution in [3.05, 3.63) is 11.6 Å². The van der Waals surface area contributed by atoms with Gasteiger partial charge in [-0.25, -0.2) is 0 Å². The second-order valence-corrected chi connectivity index (χ2v) is 12.8. The summed E-state index contributed by atoms with van der Waals surface area (Å²) in [5.74, 6) is 1.67. The molecule has 29 heavy (non-hydrogen) atoms. The van der Waals surface area contributed by atoms with Crippen LogP contribution in [-0.4, -0.2) is 28.7 Å². The molecule has 0 aromatic rings. The fourth-order valence-electron chi connectivity index (χ4n) is 10.0. The van der Waals surface area contributed by atoms with Gasteiger partial charge in [0.15, 0.2) is 6.29 Å². The van der Waals surface area contributed by atoms with E-state index < -0.39 is 6.29 Å². The van der Waals surface area contributed by atoms with Gasteiger partial charge in [0.25, 0.3) is 0 Å². The van der Waals surface area contributed by atoms with Crippen LogP contribution in [0.15, 0.2) is 11.6 Å². The van der Waals surface area contributed by atoms with E-state index in [-0.39, 0.29) is 29.0 Å². The van der Waals surface area contributed by atoms with Crippen molar-refractivity contribution < 1.29 is 14.9 Å². The second kappa shape index (κ2) is 6.11. The Bertz CT molecular complexity index is 727. The number of rotatable bonds is 0. The third-order valence-electron chi connectivity index (χ3n) is 11.3. The molecular formula is C26H42O3. The van der Waals surface area contributed by atoms with E-state index in [0.29, 0.717) is 22.7 Å². The molecule has 0 spiro atoms. The fraction of sp³-hybridized carbons (Fsp3) is 0.923. The molecule has 164 valence electrons. The maximum atomic E-state index is 11.7. The van der Waals surface area contributed by atoms with Crippen LogP contribution in [0.25, 0.3) is 0 Å². The summed E-state index contributed by atoms with van der Waals surface area (Å²) in [4.78, 5) is 0. The predicted molar refractivity (Wildman–Crippen MR) is 115 cm³/mol. The van der Waals surface area contributed by atoms with Crippen LogP contribution in [0.5, 0.6) is 0 Å². The van der Waals surface area contributed by atoms with Crippen molar-refractivity contribution >= 4 is 0 Å². The van der Waals surface area contributed by atoms with E-state index in [1.807, 2.05) is 0 Å². The number of hydrogen-bond donors (Lipinski definition) is 2. The van der Waals surface area contributed by atoms with Crippen LogP contribution in [0.1, 0.15) is 86.5 Å². The molecule has 0 bridgehead atoms. The van der Waals surface area contributed by atoms with Crippen molar-refractivity contribution in [2.75, 3.05) is 0 Å². The van der Waals surface area contributed by atoms with Gasteiger partial charge < -0.3 is 14.9 Å². The van der Waals surface area contributed by atoms with Gasteiger partial charge in [0, 0.05) is 11.3 Å². The molecule has 10 atom stereocenters. The summed E-state index contributed by atoms with van der Waals surface area (Å²) in [5.41, 5.74) is 1.88. The van der Waals surface area contributed by atoms with E-state index >= 15 is 0 Å². The zero-order chi connectivity index (χ0) is 21.0. The predicted octanol–water partition coefficient (Wildman–Crippen LogP) is 5.31. The number of ether oxygens (including phenoxy) is 1. The lowest BCUT2D eigenvalue weighted by atomic mass is 9.34. The van der Waals surface area contributed by atoms with Crippen molar-refractivity contribution in [3.63, 3.8) is 0 Å². The number of aliphatic hydroxyl groups excluding tert-OH is 2. The van der Waals surface area contributed by atoms with Gasteiger partial charge in [0.2, 0.25) is 0 Å². The molecule has 3 nitrogen and oxygen atoms in total. The van der Waals surface area contributed by atoms with Crippen molar-refractivity contribution in [1.29, 1.82) is 0 Å². The monoisotopic (exact) mass is 402 g/mol. The molecule has 1 saturated heterocycles. The molecule has 0 aromatic heterocycles. The minimum Gasteiger partial charge on any atom is -0.393 e. The molecule has 3 heteroatoms. The smallest absolute Gasteiger partial charge is 0.162 e. The number of aliphatic hydroxyl groups is 2. The first-order chi connectivity index (χ1) is 13.5. The van der Waals surface area contributed by atoms with Gasteiger partial charge >= 0.3 is 0 Å². The largest absolute Gasteiger partial charge is 0.393 e. The lowest BCUT2D eigenvalue weighted by Gasteiger charge is -2.70. The van der Waals surface area contributed by atoms with Crippen LogP contribution < -0.4 is 0 Å². The molecule has 1 unspecified atom stereocenters. The molecule has 4 fully saturated rings.